The second-order valence-electron chi connectivity index (χ2n) is 6.34. The van der Waals surface area contributed by atoms with Gasteiger partial charge in [-0.2, -0.15) is 0 Å². The Balaban J connectivity index is 2.08. The summed E-state index contributed by atoms with van der Waals surface area (Å²) in [6, 6.07) is 10.2. The molecule has 1 aromatic carbocycles. The lowest BCUT2D eigenvalue weighted by atomic mass is 10.1. The Labute approximate surface area is 138 Å². The molecule has 0 saturated carbocycles. The standard InChI is InChI=1S/C18H27N3O2/c1-4-16-13-20(14-18(23)19(2)3)11-10-17(22)21(16)12-15-8-6-5-7-9-15/h5-9,16H,4,10-14H2,1-3H3/t16-/m0/s1. The van der Waals surface area contributed by atoms with Gasteiger partial charge in [-0.1, -0.05) is 37.3 Å². The van der Waals surface area contributed by atoms with E-state index in [9.17, 15) is 9.59 Å². The quantitative estimate of drug-likeness (QED) is 0.828. The zero-order chi connectivity index (χ0) is 16.8. The summed E-state index contributed by atoms with van der Waals surface area (Å²) in [6.45, 7) is 4.55. The molecule has 0 spiro atoms. The highest BCUT2D eigenvalue weighted by atomic mass is 16.2. The Hall–Kier alpha value is -1.88. The number of benzene rings is 1. The highest BCUT2D eigenvalue weighted by molar-refractivity contribution is 5.79. The van der Waals surface area contributed by atoms with E-state index < -0.39 is 0 Å². The highest BCUT2D eigenvalue weighted by Crippen LogP contribution is 2.17. The summed E-state index contributed by atoms with van der Waals surface area (Å²) in [7, 11) is 3.54. The summed E-state index contributed by atoms with van der Waals surface area (Å²) in [6.07, 6.45) is 1.37. The molecule has 1 fully saturated rings. The molecule has 0 aromatic heterocycles. The van der Waals surface area contributed by atoms with Crippen molar-refractivity contribution in [3.05, 3.63) is 35.9 Å². The van der Waals surface area contributed by atoms with Gasteiger partial charge in [-0.3, -0.25) is 14.5 Å². The molecule has 0 N–H and O–H groups in total. The first-order valence-corrected chi connectivity index (χ1v) is 8.27. The van der Waals surface area contributed by atoms with Gasteiger partial charge in [0.05, 0.1) is 6.54 Å². The average molecular weight is 317 g/mol. The Morgan fingerprint density at radius 1 is 1.26 bits per heavy atom. The second kappa shape index (κ2) is 8.11. The Kier molecular flexibility index (Phi) is 6.16. The van der Waals surface area contributed by atoms with Gasteiger partial charge in [0.15, 0.2) is 0 Å². The molecule has 0 radical (unpaired) electrons. The lowest BCUT2D eigenvalue weighted by Crippen LogP contribution is -2.44. The van der Waals surface area contributed by atoms with Gasteiger partial charge in [0, 0.05) is 46.2 Å². The predicted octanol–water partition coefficient (Wildman–Crippen LogP) is 1.59. The van der Waals surface area contributed by atoms with E-state index in [4.69, 9.17) is 0 Å². The van der Waals surface area contributed by atoms with Gasteiger partial charge >= 0.3 is 0 Å². The van der Waals surface area contributed by atoms with Crippen LogP contribution in [0, 0.1) is 0 Å². The third-order valence-corrected chi connectivity index (χ3v) is 4.40. The van der Waals surface area contributed by atoms with Crippen LogP contribution in [-0.2, 0) is 16.1 Å². The topological polar surface area (TPSA) is 43.9 Å². The maximum Gasteiger partial charge on any atom is 0.236 e. The van der Waals surface area contributed by atoms with Crippen molar-refractivity contribution < 1.29 is 9.59 Å². The van der Waals surface area contributed by atoms with Crippen molar-refractivity contribution in [3.63, 3.8) is 0 Å². The first-order valence-electron chi connectivity index (χ1n) is 8.27. The normalized spacial score (nSPS) is 19.5. The van der Waals surface area contributed by atoms with Crippen molar-refractivity contribution in [2.45, 2.75) is 32.4 Å². The van der Waals surface area contributed by atoms with Crippen molar-refractivity contribution in [3.8, 4) is 0 Å². The van der Waals surface area contributed by atoms with Crippen molar-refractivity contribution in [2.75, 3.05) is 33.7 Å². The van der Waals surface area contributed by atoms with Crippen LogP contribution < -0.4 is 0 Å². The maximum absolute atomic E-state index is 12.6. The minimum Gasteiger partial charge on any atom is -0.348 e. The molecule has 23 heavy (non-hydrogen) atoms. The van der Waals surface area contributed by atoms with E-state index in [2.05, 4.69) is 24.0 Å². The molecule has 0 unspecified atom stereocenters. The number of carbonyl (C=O) groups excluding carboxylic acids is 2. The Morgan fingerprint density at radius 3 is 2.57 bits per heavy atom. The largest absolute Gasteiger partial charge is 0.348 e. The van der Waals surface area contributed by atoms with Crippen LogP contribution in [0.5, 0.6) is 0 Å². The fraction of sp³-hybridized carbons (Fsp3) is 0.556. The van der Waals surface area contributed by atoms with Crippen LogP contribution >= 0.6 is 0 Å². The number of rotatable bonds is 5. The fourth-order valence-corrected chi connectivity index (χ4v) is 2.91. The van der Waals surface area contributed by atoms with Crippen molar-refractivity contribution in [2.24, 2.45) is 0 Å². The molecule has 1 aliphatic rings. The van der Waals surface area contributed by atoms with Crippen LogP contribution in [0.1, 0.15) is 25.3 Å². The smallest absolute Gasteiger partial charge is 0.236 e. The molecular weight excluding hydrogens is 290 g/mol. The highest BCUT2D eigenvalue weighted by Gasteiger charge is 2.29. The summed E-state index contributed by atoms with van der Waals surface area (Å²) >= 11 is 0. The number of nitrogens with zero attached hydrogens (tertiary/aromatic N) is 3. The van der Waals surface area contributed by atoms with Crippen LogP contribution in [0.3, 0.4) is 0 Å². The first-order chi connectivity index (χ1) is 11.0. The molecule has 5 nitrogen and oxygen atoms in total. The van der Waals surface area contributed by atoms with Gasteiger partial charge in [0.1, 0.15) is 0 Å². The van der Waals surface area contributed by atoms with Crippen molar-refractivity contribution >= 4 is 11.8 Å². The second-order valence-corrected chi connectivity index (χ2v) is 6.34. The van der Waals surface area contributed by atoms with E-state index in [0.29, 0.717) is 26.1 Å². The summed E-state index contributed by atoms with van der Waals surface area (Å²) in [5.41, 5.74) is 1.15. The van der Waals surface area contributed by atoms with Crippen LogP contribution in [-0.4, -0.2) is 66.3 Å². The van der Waals surface area contributed by atoms with Gasteiger partial charge in [0.25, 0.3) is 0 Å². The molecule has 1 aromatic rings. The van der Waals surface area contributed by atoms with E-state index >= 15 is 0 Å². The van der Waals surface area contributed by atoms with E-state index in [0.717, 1.165) is 18.5 Å². The van der Waals surface area contributed by atoms with Crippen molar-refractivity contribution in [1.29, 1.82) is 0 Å². The maximum atomic E-state index is 12.6. The molecule has 2 rings (SSSR count). The van der Waals surface area contributed by atoms with E-state index in [1.54, 1.807) is 19.0 Å². The van der Waals surface area contributed by atoms with Gasteiger partial charge in [-0.25, -0.2) is 0 Å². The van der Waals surface area contributed by atoms with Crippen LogP contribution in [0.15, 0.2) is 30.3 Å². The summed E-state index contributed by atoms with van der Waals surface area (Å²) in [5.74, 6) is 0.268. The van der Waals surface area contributed by atoms with Crippen LogP contribution in [0.25, 0.3) is 0 Å². The first kappa shape index (κ1) is 17.5. The lowest BCUT2D eigenvalue weighted by Gasteiger charge is -2.31. The molecule has 126 valence electrons. The van der Waals surface area contributed by atoms with Gasteiger partial charge in [0.2, 0.25) is 11.8 Å². The number of likely N-dealkylation sites (N-methyl/N-ethyl adjacent to an activating group) is 1. The lowest BCUT2D eigenvalue weighted by molar-refractivity contribution is -0.133. The number of hydrogen-bond acceptors (Lipinski definition) is 3. The average Bonchev–Trinajstić information content (AvgIpc) is 2.69. The third kappa shape index (κ3) is 4.79. The summed E-state index contributed by atoms with van der Waals surface area (Å²) < 4.78 is 0. The molecular formula is C18H27N3O2. The van der Waals surface area contributed by atoms with E-state index in [-0.39, 0.29) is 17.9 Å². The third-order valence-electron chi connectivity index (χ3n) is 4.40. The van der Waals surface area contributed by atoms with E-state index in [1.807, 2.05) is 23.1 Å². The molecule has 5 heteroatoms. The van der Waals surface area contributed by atoms with Crippen molar-refractivity contribution in [1.82, 2.24) is 14.7 Å². The number of amides is 2. The number of hydrogen-bond donors (Lipinski definition) is 0. The van der Waals surface area contributed by atoms with Gasteiger partial charge in [-0.05, 0) is 12.0 Å². The molecule has 2 amide bonds. The SMILES string of the molecule is CC[C@H]1CN(CC(=O)N(C)C)CCC(=O)N1Cc1ccccc1. The zero-order valence-electron chi connectivity index (χ0n) is 14.4. The molecule has 1 atom stereocenters. The predicted molar refractivity (Wildman–Crippen MR) is 90.8 cm³/mol. The molecule has 1 saturated heterocycles. The summed E-state index contributed by atoms with van der Waals surface area (Å²) in [4.78, 5) is 30.2. The van der Waals surface area contributed by atoms with Gasteiger partial charge in [-0.15, -0.1) is 0 Å². The zero-order valence-corrected chi connectivity index (χ0v) is 14.4. The van der Waals surface area contributed by atoms with E-state index in [1.165, 1.54) is 0 Å². The monoisotopic (exact) mass is 317 g/mol. The van der Waals surface area contributed by atoms with Crippen LogP contribution in [0.2, 0.25) is 0 Å². The summed E-state index contributed by atoms with van der Waals surface area (Å²) in [5, 5.41) is 0. The van der Waals surface area contributed by atoms with Crippen LogP contribution in [0.4, 0.5) is 0 Å². The fourth-order valence-electron chi connectivity index (χ4n) is 2.91. The minimum atomic E-state index is 0.0869. The molecule has 1 heterocycles. The molecule has 0 bridgehead atoms. The Morgan fingerprint density at radius 2 is 1.96 bits per heavy atom. The number of carbonyl (C=O) groups is 2. The Bertz CT molecular complexity index is 530. The minimum absolute atomic E-state index is 0.0869. The molecule has 0 aliphatic carbocycles. The van der Waals surface area contributed by atoms with Gasteiger partial charge < -0.3 is 9.80 Å². The molecule has 1 aliphatic heterocycles.